The Morgan fingerprint density at radius 3 is 2.88 bits per heavy atom. The molecule has 130 valence electrons. The van der Waals surface area contributed by atoms with Crippen LogP contribution in [0, 0.1) is 13.8 Å². The van der Waals surface area contributed by atoms with Crippen molar-refractivity contribution in [1.29, 1.82) is 0 Å². The van der Waals surface area contributed by atoms with E-state index < -0.39 is 0 Å². The average Bonchev–Trinajstić information content (AvgIpc) is 3.23. The maximum atomic E-state index is 12.3. The van der Waals surface area contributed by atoms with Crippen molar-refractivity contribution < 1.29 is 9.90 Å². The molecule has 0 spiro atoms. The smallest absolute Gasteiger partial charge is 0.275 e. The Morgan fingerprint density at radius 1 is 1.32 bits per heavy atom. The molecule has 0 saturated carbocycles. The van der Waals surface area contributed by atoms with Crippen molar-refractivity contribution in [3.63, 3.8) is 0 Å². The van der Waals surface area contributed by atoms with Gasteiger partial charge in [-0.1, -0.05) is 24.3 Å². The Kier molecular flexibility index (Phi) is 4.80. The summed E-state index contributed by atoms with van der Waals surface area (Å²) in [5.74, 6) is -0.173. The lowest BCUT2D eigenvalue weighted by Gasteiger charge is -2.07. The molecule has 2 aromatic heterocycles. The van der Waals surface area contributed by atoms with Crippen LogP contribution < -0.4 is 5.32 Å². The molecule has 0 saturated heterocycles. The van der Waals surface area contributed by atoms with Gasteiger partial charge in [-0.15, -0.1) is 10.2 Å². The van der Waals surface area contributed by atoms with E-state index in [9.17, 15) is 9.90 Å². The summed E-state index contributed by atoms with van der Waals surface area (Å²) in [6.07, 6.45) is 1.82. The van der Waals surface area contributed by atoms with E-state index in [0.717, 1.165) is 29.0 Å². The maximum Gasteiger partial charge on any atom is 0.275 e. The summed E-state index contributed by atoms with van der Waals surface area (Å²) in [5, 5.41) is 29.2. The van der Waals surface area contributed by atoms with Gasteiger partial charge in [0.1, 0.15) is 16.5 Å². The number of carbonyl (C=O) groups is 1. The Hall–Kier alpha value is -2.74. The molecule has 3 N–H and O–H groups in total. The number of benzene rings is 1. The second-order valence-corrected chi connectivity index (χ2v) is 6.84. The first-order valence-corrected chi connectivity index (χ1v) is 8.80. The van der Waals surface area contributed by atoms with Crippen molar-refractivity contribution in [3.8, 4) is 17.0 Å². The molecular weight excluding hydrogens is 338 g/mol. The normalized spacial score (nSPS) is 10.8. The van der Waals surface area contributed by atoms with E-state index in [1.807, 2.05) is 19.9 Å². The minimum absolute atomic E-state index is 0.173. The van der Waals surface area contributed by atoms with Crippen molar-refractivity contribution in [2.45, 2.75) is 33.6 Å². The van der Waals surface area contributed by atoms with E-state index >= 15 is 0 Å². The standard InChI is InChI=1S/C17H19N5O2S/c1-4-5-14-21-22-17(25-14)18-16(24)13-8-12(19-20-13)11-7-6-9(2)10(3)15(11)23/h6-8,23H,4-5H2,1-3H3,(H,19,20)(H,18,22,24). The summed E-state index contributed by atoms with van der Waals surface area (Å²) in [7, 11) is 0. The molecule has 2 heterocycles. The lowest BCUT2D eigenvalue weighted by atomic mass is 10.0. The summed E-state index contributed by atoms with van der Waals surface area (Å²) >= 11 is 1.36. The zero-order chi connectivity index (χ0) is 18.0. The Labute approximate surface area is 149 Å². The molecule has 0 unspecified atom stereocenters. The van der Waals surface area contributed by atoms with E-state index in [-0.39, 0.29) is 11.7 Å². The van der Waals surface area contributed by atoms with E-state index in [2.05, 4.69) is 32.6 Å². The fourth-order valence-corrected chi connectivity index (χ4v) is 3.20. The third-order valence-electron chi connectivity index (χ3n) is 3.95. The predicted octanol–water partition coefficient (Wildman–Crippen LogP) is 3.46. The van der Waals surface area contributed by atoms with Crippen LogP contribution in [0.3, 0.4) is 0 Å². The molecule has 0 fully saturated rings. The molecule has 7 nitrogen and oxygen atoms in total. The highest BCUT2D eigenvalue weighted by Gasteiger charge is 2.16. The first-order chi connectivity index (χ1) is 12.0. The molecule has 0 aliphatic heterocycles. The van der Waals surface area contributed by atoms with Gasteiger partial charge < -0.3 is 5.11 Å². The number of aromatic amines is 1. The highest BCUT2D eigenvalue weighted by molar-refractivity contribution is 7.15. The van der Waals surface area contributed by atoms with Gasteiger partial charge in [0.25, 0.3) is 5.91 Å². The number of hydrogen-bond acceptors (Lipinski definition) is 6. The number of aromatic hydroxyl groups is 1. The third-order valence-corrected chi connectivity index (χ3v) is 4.85. The van der Waals surface area contributed by atoms with Crippen LogP contribution in [0.15, 0.2) is 18.2 Å². The quantitative estimate of drug-likeness (QED) is 0.649. The van der Waals surface area contributed by atoms with Gasteiger partial charge in [0.15, 0.2) is 0 Å². The van der Waals surface area contributed by atoms with Gasteiger partial charge in [-0.05, 0) is 43.5 Å². The molecule has 0 radical (unpaired) electrons. The van der Waals surface area contributed by atoms with Crippen LogP contribution in [0.5, 0.6) is 5.75 Å². The van der Waals surface area contributed by atoms with Crippen LogP contribution >= 0.6 is 11.3 Å². The molecule has 1 aromatic carbocycles. The number of aromatic nitrogens is 4. The zero-order valence-electron chi connectivity index (χ0n) is 14.3. The minimum Gasteiger partial charge on any atom is -0.507 e. The fraction of sp³-hybridized carbons (Fsp3) is 0.294. The second kappa shape index (κ2) is 7.02. The molecule has 0 aliphatic carbocycles. The number of phenolic OH excluding ortho intramolecular Hbond substituents is 1. The highest BCUT2D eigenvalue weighted by Crippen LogP contribution is 2.32. The van der Waals surface area contributed by atoms with Gasteiger partial charge in [-0.25, -0.2) is 0 Å². The SMILES string of the molecule is CCCc1nnc(NC(=O)c2cc(-c3ccc(C)c(C)c3O)n[nH]2)s1. The number of hydrogen-bond donors (Lipinski definition) is 3. The average molecular weight is 357 g/mol. The number of anilines is 1. The summed E-state index contributed by atoms with van der Waals surface area (Å²) < 4.78 is 0. The number of carbonyl (C=O) groups excluding carboxylic acids is 1. The number of nitrogens with zero attached hydrogens (tertiary/aromatic N) is 3. The van der Waals surface area contributed by atoms with E-state index in [0.29, 0.717) is 22.1 Å². The number of phenols is 1. The van der Waals surface area contributed by atoms with Crippen LogP contribution in [-0.4, -0.2) is 31.4 Å². The molecule has 0 aliphatic rings. The van der Waals surface area contributed by atoms with Crippen molar-refractivity contribution in [2.24, 2.45) is 0 Å². The molecule has 1 amide bonds. The van der Waals surface area contributed by atoms with Crippen molar-refractivity contribution >= 4 is 22.4 Å². The zero-order valence-corrected chi connectivity index (χ0v) is 15.1. The minimum atomic E-state index is -0.346. The fourth-order valence-electron chi connectivity index (χ4n) is 2.37. The largest absolute Gasteiger partial charge is 0.507 e. The summed E-state index contributed by atoms with van der Waals surface area (Å²) in [6, 6.07) is 5.31. The van der Waals surface area contributed by atoms with Gasteiger partial charge in [-0.3, -0.25) is 15.2 Å². The van der Waals surface area contributed by atoms with Gasteiger partial charge in [-0.2, -0.15) is 5.10 Å². The summed E-state index contributed by atoms with van der Waals surface area (Å²) in [5.41, 5.74) is 3.17. The first kappa shape index (κ1) is 17.1. The first-order valence-electron chi connectivity index (χ1n) is 7.98. The van der Waals surface area contributed by atoms with Gasteiger partial charge in [0.05, 0.1) is 5.69 Å². The maximum absolute atomic E-state index is 12.3. The molecule has 8 heteroatoms. The lowest BCUT2D eigenvalue weighted by molar-refractivity contribution is 0.102. The Balaban J connectivity index is 1.78. The second-order valence-electron chi connectivity index (χ2n) is 5.78. The summed E-state index contributed by atoms with van der Waals surface area (Å²) in [4.78, 5) is 12.3. The number of H-pyrrole nitrogens is 1. The Morgan fingerprint density at radius 2 is 2.12 bits per heavy atom. The van der Waals surface area contributed by atoms with Crippen molar-refractivity contribution in [2.75, 3.05) is 5.32 Å². The summed E-state index contributed by atoms with van der Waals surface area (Å²) in [6.45, 7) is 5.84. The van der Waals surface area contributed by atoms with Gasteiger partial charge in [0.2, 0.25) is 5.13 Å². The van der Waals surface area contributed by atoms with Gasteiger partial charge in [0, 0.05) is 12.0 Å². The topological polar surface area (TPSA) is 104 Å². The van der Waals surface area contributed by atoms with Crippen LogP contribution in [0.25, 0.3) is 11.3 Å². The van der Waals surface area contributed by atoms with Crippen molar-refractivity contribution in [1.82, 2.24) is 20.4 Å². The van der Waals surface area contributed by atoms with Crippen LogP contribution in [0.4, 0.5) is 5.13 Å². The third kappa shape index (κ3) is 3.53. The molecule has 0 bridgehead atoms. The van der Waals surface area contributed by atoms with E-state index in [4.69, 9.17) is 0 Å². The highest BCUT2D eigenvalue weighted by atomic mass is 32.1. The molecule has 0 atom stereocenters. The monoisotopic (exact) mass is 357 g/mol. The number of rotatable bonds is 5. The molecule has 3 rings (SSSR count). The molecule has 3 aromatic rings. The molecular formula is C17H19N5O2S. The van der Waals surface area contributed by atoms with Gasteiger partial charge >= 0.3 is 0 Å². The van der Waals surface area contributed by atoms with Crippen LogP contribution in [0.1, 0.15) is 40.0 Å². The lowest BCUT2D eigenvalue weighted by Crippen LogP contribution is -2.12. The van der Waals surface area contributed by atoms with E-state index in [1.165, 1.54) is 11.3 Å². The number of nitrogens with one attached hydrogen (secondary N) is 2. The predicted molar refractivity (Wildman–Crippen MR) is 97.0 cm³/mol. The Bertz CT molecular complexity index is 916. The van der Waals surface area contributed by atoms with E-state index in [1.54, 1.807) is 12.1 Å². The van der Waals surface area contributed by atoms with Crippen molar-refractivity contribution in [3.05, 3.63) is 40.0 Å². The molecule has 25 heavy (non-hydrogen) atoms. The van der Waals surface area contributed by atoms with Crippen LogP contribution in [0.2, 0.25) is 0 Å². The number of amides is 1. The van der Waals surface area contributed by atoms with Crippen LogP contribution in [-0.2, 0) is 6.42 Å². The number of aryl methyl sites for hydroxylation is 2.